The lowest BCUT2D eigenvalue weighted by Crippen LogP contribution is -2.22. The Morgan fingerprint density at radius 1 is 1.50 bits per heavy atom. The van der Waals surface area contributed by atoms with Crippen molar-refractivity contribution >= 4 is 22.9 Å². The number of rotatable bonds is 6. The van der Waals surface area contributed by atoms with Crippen molar-refractivity contribution in [1.82, 2.24) is 15.1 Å². The van der Waals surface area contributed by atoms with Crippen LogP contribution in [0.25, 0.3) is 0 Å². The number of likely N-dealkylation sites (N-methyl/N-ethyl adjacent to an activating group) is 1. The topological polar surface area (TPSA) is 38.2 Å². The van der Waals surface area contributed by atoms with Gasteiger partial charge in [-0.3, -0.25) is 4.90 Å². The van der Waals surface area contributed by atoms with Crippen LogP contribution >= 0.6 is 22.9 Å². The lowest BCUT2D eigenvalue weighted by Gasteiger charge is -2.13. The first-order valence-corrected chi connectivity index (χ1v) is 5.66. The average molecular weight is 236 g/mol. The number of nitrogens with zero attached hydrogens (tertiary/aromatic N) is 3. The maximum absolute atomic E-state index is 5.67. The zero-order chi connectivity index (χ0) is 10.4. The lowest BCUT2D eigenvalue weighted by molar-refractivity contribution is 0.120. The first-order valence-electron chi connectivity index (χ1n) is 4.46. The van der Waals surface area contributed by atoms with Crippen molar-refractivity contribution in [2.45, 2.75) is 13.5 Å². The number of hydrogen-bond donors (Lipinski definition) is 0. The van der Waals surface area contributed by atoms with Gasteiger partial charge in [0, 0.05) is 13.2 Å². The van der Waals surface area contributed by atoms with Crippen LogP contribution in [0.3, 0.4) is 0 Å². The summed E-state index contributed by atoms with van der Waals surface area (Å²) in [7, 11) is 2.02. The van der Waals surface area contributed by atoms with Crippen molar-refractivity contribution in [1.29, 1.82) is 0 Å². The van der Waals surface area contributed by atoms with Gasteiger partial charge in [0.2, 0.25) is 4.47 Å². The number of hydrogen-bond acceptors (Lipinski definition) is 5. The van der Waals surface area contributed by atoms with Crippen molar-refractivity contribution in [2.24, 2.45) is 0 Å². The molecule has 0 saturated heterocycles. The van der Waals surface area contributed by atoms with Gasteiger partial charge in [0.05, 0.1) is 13.2 Å². The summed E-state index contributed by atoms with van der Waals surface area (Å²) in [5.41, 5.74) is 0. The van der Waals surface area contributed by atoms with Crippen LogP contribution in [0.2, 0.25) is 4.47 Å². The Kier molecular flexibility index (Phi) is 5.32. The van der Waals surface area contributed by atoms with E-state index in [1.165, 1.54) is 11.3 Å². The minimum Gasteiger partial charge on any atom is -0.380 e. The van der Waals surface area contributed by atoms with E-state index in [9.17, 15) is 0 Å². The minimum atomic E-state index is 0.498. The lowest BCUT2D eigenvalue weighted by atomic mass is 10.5. The molecule has 80 valence electrons. The van der Waals surface area contributed by atoms with Gasteiger partial charge in [-0.1, -0.05) is 11.3 Å². The van der Waals surface area contributed by atoms with Crippen LogP contribution in [-0.4, -0.2) is 41.9 Å². The molecule has 0 aliphatic heterocycles. The standard InChI is InChI=1S/C8H14ClN3OS/c1-3-13-5-4-12(2)6-7-10-11-8(9)14-7/h3-6H2,1-2H3. The third-order valence-corrected chi connectivity index (χ3v) is 2.67. The molecule has 0 atom stereocenters. The summed E-state index contributed by atoms with van der Waals surface area (Å²) < 4.78 is 5.75. The summed E-state index contributed by atoms with van der Waals surface area (Å²) >= 11 is 7.09. The van der Waals surface area contributed by atoms with Gasteiger partial charge < -0.3 is 4.74 Å². The number of aromatic nitrogens is 2. The number of halogens is 1. The van der Waals surface area contributed by atoms with E-state index >= 15 is 0 Å². The molecule has 0 aromatic carbocycles. The summed E-state index contributed by atoms with van der Waals surface area (Å²) in [4.78, 5) is 2.13. The van der Waals surface area contributed by atoms with E-state index in [4.69, 9.17) is 16.3 Å². The highest BCUT2D eigenvalue weighted by Gasteiger charge is 2.05. The zero-order valence-electron chi connectivity index (χ0n) is 8.36. The third kappa shape index (κ3) is 4.32. The molecule has 1 heterocycles. The molecule has 0 spiro atoms. The number of ether oxygens (including phenoxy) is 1. The molecule has 0 aliphatic rings. The molecule has 0 aliphatic carbocycles. The Morgan fingerprint density at radius 2 is 2.29 bits per heavy atom. The molecule has 1 aromatic heterocycles. The SMILES string of the molecule is CCOCCN(C)Cc1nnc(Cl)s1. The highest BCUT2D eigenvalue weighted by Crippen LogP contribution is 2.15. The van der Waals surface area contributed by atoms with Crippen LogP contribution in [0.1, 0.15) is 11.9 Å². The van der Waals surface area contributed by atoms with Crippen LogP contribution in [0.4, 0.5) is 0 Å². The minimum absolute atomic E-state index is 0.498. The van der Waals surface area contributed by atoms with Crippen LogP contribution in [0.15, 0.2) is 0 Å². The van der Waals surface area contributed by atoms with Gasteiger partial charge in [-0.15, -0.1) is 10.2 Å². The van der Waals surface area contributed by atoms with Gasteiger partial charge in [0.15, 0.2) is 0 Å². The smallest absolute Gasteiger partial charge is 0.207 e. The van der Waals surface area contributed by atoms with Crippen LogP contribution in [-0.2, 0) is 11.3 Å². The molecule has 0 saturated carbocycles. The summed E-state index contributed by atoms with van der Waals surface area (Å²) in [6, 6.07) is 0. The fourth-order valence-corrected chi connectivity index (χ4v) is 1.92. The quantitative estimate of drug-likeness (QED) is 0.703. The Labute approximate surface area is 92.8 Å². The Bertz CT molecular complexity index is 269. The van der Waals surface area contributed by atoms with Gasteiger partial charge in [0.25, 0.3) is 0 Å². The van der Waals surface area contributed by atoms with E-state index < -0.39 is 0 Å². The van der Waals surface area contributed by atoms with Crippen molar-refractivity contribution in [3.8, 4) is 0 Å². The second-order valence-electron chi connectivity index (χ2n) is 2.88. The largest absolute Gasteiger partial charge is 0.380 e. The monoisotopic (exact) mass is 235 g/mol. The highest BCUT2D eigenvalue weighted by atomic mass is 35.5. The summed E-state index contributed by atoms with van der Waals surface area (Å²) in [6.45, 7) is 5.17. The maximum atomic E-state index is 5.67. The first-order chi connectivity index (χ1) is 6.72. The van der Waals surface area contributed by atoms with E-state index in [-0.39, 0.29) is 0 Å². The van der Waals surface area contributed by atoms with E-state index in [2.05, 4.69) is 15.1 Å². The molecule has 0 N–H and O–H groups in total. The predicted octanol–water partition coefficient (Wildman–Crippen LogP) is 1.66. The highest BCUT2D eigenvalue weighted by molar-refractivity contribution is 7.15. The molecule has 0 unspecified atom stereocenters. The second-order valence-corrected chi connectivity index (χ2v) is 4.53. The summed E-state index contributed by atoms with van der Waals surface area (Å²) in [5, 5.41) is 8.62. The van der Waals surface area contributed by atoms with E-state index in [1.54, 1.807) is 0 Å². The Balaban J connectivity index is 2.23. The van der Waals surface area contributed by atoms with Gasteiger partial charge in [-0.25, -0.2) is 0 Å². The average Bonchev–Trinajstić information content (AvgIpc) is 2.52. The third-order valence-electron chi connectivity index (χ3n) is 1.67. The molecule has 6 heteroatoms. The molecule has 0 radical (unpaired) electrons. The summed E-state index contributed by atoms with van der Waals surface area (Å²) in [5.74, 6) is 0. The molecule has 0 bridgehead atoms. The normalized spacial score (nSPS) is 11.1. The molecule has 1 rings (SSSR count). The molecular formula is C8H14ClN3OS. The van der Waals surface area contributed by atoms with Crippen molar-refractivity contribution in [3.63, 3.8) is 0 Å². The first kappa shape index (κ1) is 11.8. The maximum Gasteiger partial charge on any atom is 0.207 e. The van der Waals surface area contributed by atoms with Crippen molar-refractivity contribution < 1.29 is 4.74 Å². The molecular weight excluding hydrogens is 222 g/mol. The van der Waals surface area contributed by atoms with Gasteiger partial charge >= 0.3 is 0 Å². The molecule has 0 amide bonds. The van der Waals surface area contributed by atoms with E-state index in [1.807, 2.05) is 14.0 Å². The van der Waals surface area contributed by atoms with Gasteiger partial charge in [-0.05, 0) is 25.6 Å². The van der Waals surface area contributed by atoms with Gasteiger partial charge in [-0.2, -0.15) is 0 Å². The van der Waals surface area contributed by atoms with Crippen molar-refractivity contribution in [3.05, 3.63) is 9.47 Å². The van der Waals surface area contributed by atoms with Crippen molar-refractivity contribution in [2.75, 3.05) is 26.8 Å². The van der Waals surface area contributed by atoms with E-state index in [0.717, 1.165) is 31.3 Å². The molecule has 4 nitrogen and oxygen atoms in total. The second kappa shape index (κ2) is 6.29. The predicted molar refractivity (Wildman–Crippen MR) is 57.7 cm³/mol. The van der Waals surface area contributed by atoms with Crippen LogP contribution in [0.5, 0.6) is 0 Å². The summed E-state index contributed by atoms with van der Waals surface area (Å²) in [6.07, 6.45) is 0. The molecule has 14 heavy (non-hydrogen) atoms. The molecule has 1 aromatic rings. The van der Waals surface area contributed by atoms with Crippen LogP contribution < -0.4 is 0 Å². The Hall–Kier alpha value is -0.230. The van der Waals surface area contributed by atoms with Crippen LogP contribution in [0, 0.1) is 0 Å². The molecule has 0 fully saturated rings. The fraction of sp³-hybridized carbons (Fsp3) is 0.750. The zero-order valence-corrected chi connectivity index (χ0v) is 9.94. The van der Waals surface area contributed by atoms with E-state index in [0.29, 0.717) is 4.47 Å². The Morgan fingerprint density at radius 3 is 2.86 bits per heavy atom. The van der Waals surface area contributed by atoms with Gasteiger partial charge in [0.1, 0.15) is 5.01 Å². The fourth-order valence-electron chi connectivity index (χ4n) is 0.972.